The zero-order valence-electron chi connectivity index (χ0n) is 15.9. The Balaban J connectivity index is 1.58. The second-order valence-corrected chi connectivity index (χ2v) is 7.12. The van der Waals surface area contributed by atoms with E-state index in [4.69, 9.17) is 9.15 Å². The smallest absolute Gasteiger partial charge is 0.287 e. The Bertz CT molecular complexity index is 808. The maximum absolute atomic E-state index is 12.3. The summed E-state index contributed by atoms with van der Waals surface area (Å²) in [5.41, 5.74) is 1.55. The molecule has 0 fully saturated rings. The Morgan fingerprint density at radius 3 is 2.93 bits per heavy atom. The van der Waals surface area contributed by atoms with Crippen molar-refractivity contribution >= 4 is 11.8 Å². The number of rotatable bonds is 7. The van der Waals surface area contributed by atoms with Gasteiger partial charge in [0.1, 0.15) is 12.4 Å². The summed E-state index contributed by atoms with van der Waals surface area (Å²) in [4.78, 5) is 24.6. The van der Waals surface area contributed by atoms with Crippen LogP contribution in [0.3, 0.4) is 0 Å². The molecule has 0 bridgehead atoms. The first-order chi connectivity index (χ1) is 13.0. The topological polar surface area (TPSA) is 98.4 Å². The third kappa shape index (κ3) is 4.57. The Morgan fingerprint density at radius 2 is 2.19 bits per heavy atom. The van der Waals surface area contributed by atoms with Gasteiger partial charge in [0.25, 0.3) is 11.8 Å². The van der Waals surface area contributed by atoms with Crippen LogP contribution in [0.2, 0.25) is 0 Å². The number of methoxy groups -OCH3 is 1. The Morgan fingerprint density at radius 1 is 1.37 bits per heavy atom. The minimum Gasteiger partial charge on any atom is -0.453 e. The van der Waals surface area contributed by atoms with Gasteiger partial charge in [0.2, 0.25) is 0 Å². The number of carbonyl (C=O) groups is 2. The molecule has 2 aromatic heterocycles. The Labute approximate surface area is 158 Å². The van der Waals surface area contributed by atoms with E-state index in [1.165, 1.54) is 0 Å². The number of ether oxygens (including phenoxy) is 1. The molecule has 8 nitrogen and oxygen atoms in total. The zero-order chi connectivity index (χ0) is 19.4. The number of aromatic nitrogens is 2. The van der Waals surface area contributed by atoms with E-state index in [0.29, 0.717) is 30.9 Å². The summed E-state index contributed by atoms with van der Waals surface area (Å²) in [5, 5.41) is 10.2. The van der Waals surface area contributed by atoms with E-state index >= 15 is 0 Å². The number of nitrogens with one attached hydrogen (secondary N) is 2. The van der Waals surface area contributed by atoms with E-state index in [-0.39, 0.29) is 29.5 Å². The third-order valence-electron chi connectivity index (χ3n) is 4.57. The van der Waals surface area contributed by atoms with E-state index < -0.39 is 0 Å². The average molecular weight is 374 g/mol. The van der Waals surface area contributed by atoms with E-state index in [0.717, 1.165) is 18.7 Å². The van der Waals surface area contributed by atoms with Crippen LogP contribution in [0.25, 0.3) is 0 Å². The Kier molecular flexibility index (Phi) is 5.95. The summed E-state index contributed by atoms with van der Waals surface area (Å²) < 4.78 is 12.3. The van der Waals surface area contributed by atoms with Crippen LogP contribution in [0.5, 0.6) is 0 Å². The molecule has 1 aliphatic rings. The van der Waals surface area contributed by atoms with Crippen molar-refractivity contribution in [3.63, 3.8) is 0 Å². The quantitative estimate of drug-likeness (QED) is 0.769. The van der Waals surface area contributed by atoms with Gasteiger partial charge in [-0.2, -0.15) is 5.10 Å². The van der Waals surface area contributed by atoms with Gasteiger partial charge in [-0.25, -0.2) is 0 Å². The van der Waals surface area contributed by atoms with Crippen LogP contribution in [0.15, 0.2) is 22.7 Å². The summed E-state index contributed by atoms with van der Waals surface area (Å²) in [5.74, 6) is 0.800. The lowest BCUT2D eigenvalue weighted by molar-refractivity contribution is 0.0904. The highest BCUT2D eigenvalue weighted by Gasteiger charge is 2.26. The van der Waals surface area contributed by atoms with Gasteiger partial charge in [-0.15, -0.1) is 0 Å². The van der Waals surface area contributed by atoms with Gasteiger partial charge >= 0.3 is 0 Å². The number of furan rings is 1. The molecule has 2 N–H and O–H groups in total. The first-order valence-electron chi connectivity index (χ1n) is 9.19. The van der Waals surface area contributed by atoms with Crippen molar-refractivity contribution in [1.29, 1.82) is 0 Å². The van der Waals surface area contributed by atoms with E-state index in [1.54, 1.807) is 25.4 Å². The lowest BCUT2D eigenvalue weighted by Crippen LogP contribution is -2.35. The lowest BCUT2D eigenvalue weighted by Gasteiger charge is -2.24. The highest BCUT2D eigenvalue weighted by atomic mass is 16.5. The molecule has 1 aliphatic heterocycles. The molecule has 146 valence electrons. The standard InChI is InChI=1S/C19H26N4O4/c1-12(2)22-18(24)15-10-21-23-7-6-13(8-16(15)23)9-20-19(25)17-5-4-14(27-17)11-26-3/h4-5,10,12-13H,6-9,11H2,1-3H3,(H,20,25)(H,22,24). The molecule has 0 radical (unpaired) electrons. The normalized spacial score (nSPS) is 16.2. The van der Waals surface area contributed by atoms with Crippen molar-refractivity contribution in [1.82, 2.24) is 20.4 Å². The summed E-state index contributed by atoms with van der Waals surface area (Å²) in [6.45, 7) is 5.46. The van der Waals surface area contributed by atoms with Crippen molar-refractivity contribution in [2.45, 2.75) is 45.9 Å². The molecule has 0 saturated heterocycles. The number of carbonyl (C=O) groups excluding carboxylic acids is 2. The fourth-order valence-electron chi connectivity index (χ4n) is 3.25. The van der Waals surface area contributed by atoms with Crippen LogP contribution < -0.4 is 10.6 Å². The third-order valence-corrected chi connectivity index (χ3v) is 4.57. The predicted molar refractivity (Wildman–Crippen MR) is 98.4 cm³/mol. The SMILES string of the molecule is COCc1ccc(C(=O)NCC2CCn3ncc(C(=O)NC(C)C)c3C2)o1. The minimum absolute atomic E-state index is 0.0722. The van der Waals surface area contributed by atoms with E-state index in [9.17, 15) is 9.59 Å². The van der Waals surface area contributed by atoms with E-state index in [1.807, 2.05) is 18.5 Å². The van der Waals surface area contributed by atoms with Gasteiger partial charge in [-0.1, -0.05) is 0 Å². The largest absolute Gasteiger partial charge is 0.453 e. The lowest BCUT2D eigenvalue weighted by atomic mass is 9.94. The van der Waals surface area contributed by atoms with Crippen molar-refractivity contribution in [3.8, 4) is 0 Å². The van der Waals surface area contributed by atoms with Gasteiger partial charge in [0.05, 0.1) is 17.5 Å². The van der Waals surface area contributed by atoms with Crippen molar-refractivity contribution in [2.75, 3.05) is 13.7 Å². The predicted octanol–water partition coefficient (Wildman–Crippen LogP) is 1.75. The summed E-state index contributed by atoms with van der Waals surface area (Å²) >= 11 is 0. The van der Waals surface area contributed by atoms with Crippen molar-refractivity contribution < 1.29 is 18.7 Å². The molecule has 2 aromatic rings. The molecule has 0 aliphatic carbocycles. The first kappa shape index (κ1) is 19.2. The molecule has 8 heteroatoms. The minimum atomic E-state index is -0.241. The van der Waals surface area contributed by atoms with Gasteiger partial charge in [0, 0.05) is 26.2 Å². The number of hydrogen-bond acceptors (Lipinski definition) is 5. The van der Waals surface area contributed by atoms with Crippen molar-refractivity contribution in [2.24, 2.45) is 5.92 Å². The fourth-order valence-corrected chi connectivity index (χ4v) is 3.25. The molecule has 3 rings (SSSR count). The van der Waals surface area contributed by atoms with E-state index in [2.05, 4.69) is 15.7 Å². The summed E-state index contributed by atoms with van der Waals surface area (Å²) in [7, 11) is 1.58. The highest BCUT2D eigenvalue weighted by Crippen LogP contribution is 2.23. The average Bonchev–Trinajstić information content (AvgIpc) is 3.26. The molecule has 1 unspecified atom stereocenters. The highest BCUT2D eigenvalue weighted by molar-refractivity contribution is 5.95. The van der Waals surface area contributed by atoms with Gasteiger partial charge in [-0.3, -0.25) is 14.3 Å². The second-order valence-electron chi connectivity index (χ2n) is 7.12. The number of amides is 2. The molecule has 2 amide bonds. The van der Waals surface area contributed by atoms with Crippen LogP contribution in [0, 0.1) is 5.92 Å². The molecular weight excluding hydrogens is 348 g/mol. The number of nitrogens with zero attached hydrogens (tertiary/aromatic N) is 2. The maximum atomic E-state index is 12.3. The van der Waals surface area contributed by atoms with Gasteiger partial charge in [-0.05, 0) is 44.7 Å². The number of hydrogen-bond donors (Lipinski definition) is 2. The molecule has 27 heavy (non-hydrogen) atoms. The molecule has 0 spiro atoms. The van der Waals surface area contributed by atoms with Crippen LogP contribution in [-0.2, 0) is 24.3 Å². The number of fused-ring (bicyclic) bond motifs is 1. The Hall–Kier alpha value is -2.61. The first-order valence-corrected chi connectivity index (χ1v) is 9.19. The van der Waals surface area contributed by atoms with Gasteiger partial charge in [0.15, 0.2) is 5.76 Å². The molecule has 0 saturated carbocycles. The number of aryl methyl sites for hydroxylation is 1. The molecule has 0 aromatic carbocycles. The van der Waals surface area contributed by atoms with Crippen LogP contribution >= 0.6 is 0 Å². The molecular formula is C19H26N4O4. The molecule has 3 heterocycles. The zero-order valence-corrected chi connectivity index (χ0v) is 15.9. The molecule has 1 atom stereocenters. The fraction of sp³-hybridized carbons (Fsp3) is 0.526. The van der Waals surface area contributed by atoms with Crippen LogP contribution in [0.4, 0.5) is 0 Å². The van der Waals surface area contributed by atoms with Crippen LogP contribution in [0.1, 0.15) is 52.6 Å². The summed E-state index contributed by atoms with van der Waals surface area (Å²) in [6, 6.07) is 3.45. The van der Waals surface area contributed by atoms with Crippen molar-refractivity contribution in [3.05, 3.63) is 41.1 Å². The second kappa shape index (κ2) is 8.39. The maximum Gasteiger partial charge on any atom is 0.287 e. The summed E-state index contributed by atoms with van der Waals surface area (Å²) in [6.07, 6.45) is 3.23. The van der Waals surface area contributed by atoms with Gasteiger partial charge < -0.3 is 19.8 Å². The monoisotopic (exact) mass is 374 g/mol. The van der Waals surface area contributed by atoms with Crippen LogP contribution in [-0.4, -0.2) is 41.3 Å².